The number of aromatic nitrogens is 3. The molecule has 0 bridgehead atoms. The number of carbonyl (C=O) groups is 1. The summed E-state index contributed by atoms with van der Waals surface area (Å²) in [4.78, 5) is 15.1. The summed E-state index contributed by atoms with van der Waals surface area (Å²) in [6, 6.07) is 0. The lowest BCUT2D eigenvalue weighted by Crippen LogP contribution is -2.15. The van der Waals surface area contributed by atoms with Crippen molar-refractivity contribution in [2.75, 3.05) is 0 Å². The highest BCUT2D eigenvalue weighted by molar-refractivity contribution is 5.53. The molecule has 0 aromatic carbocycles. The number of aryl methyl sites for hydroxylation is 1. The predicted octanol–water partition coefficient (Wildman–Crippen LogP) is 2.87. The van der Waals surface area contributed by atoms with Crippen molar-refractivity contribution in [3.63, 3.8) is 0 Å². The Hall–Kier alpha value is -1.19. The van der Waals surface area contributed by atoms with E-state index in [1.54, 1.807) is 6.33 Å². The Balaban J connectivity index is 2.48. The quantitative estimate of drug-likeness (QED) is 0.700. The third-order valence-electron chi connectivity index (χ3n) is 3.05. The van der Waals surface area contributed by atoms with Gasteiger partial charge in [0.1, 0.15) is 18.4 Å². The second-order valence-electron chi connectivity index (χ2n) is 6.08. The van der Waals surface area contributed by atoms with Crippen LogP contribution < -0.4 is 0 Å². The highest BCUT2D eigenvalue weighted by Gasteiger charge is 2.15. The van der Waals surface area contributed by atoms with Gasteiger partial charge in [0.15, 0.2) is 0 Å². The molecular formula is C14H25N3O. The van der Waals surface area contributed by atoms with Crippen LogP contribution in [0, 0.1) is 11.3 Å². The van der Waals surface area contributed by atoms with Crippen molar-refractivity contribution in [2.24, 2.45) is 11.3 Å². The van der Waals surface area contributed by atoms with E-state index in [9.17, 15) is 4.79 Å². The van der Waals surface area contributed by atoms with E-state index in [4.69, 9.17) is 0 Å². The first kappa shape index (κ1) is 14.9. The average Bonchev–Trinajstić information content (AvgIpc) is 2.70. The van der Waals surface area contributed by atoms with Gasteiger partial charge in [0.2, 0.25) is 0 Å². The largest absolute Gasteiger partial charge is 0.303 e. The van der Waals surface area contributed by atoms with E-state index in [0.29, 0.717) is 0 Å². The van der Waals surface area contributed by atoms with Gasteiger partial charge in [-0.05, 0) is 24.7 Å². The average molecular weight is 251 g/mol. The highest BCUT2D eigenvalue weighted by Crippen LogP contribution is 2.19. The van der Waals surface area contributed by atoms with Gasteiger partial charge in [-0.2, -0.15) is 5.10 Å². The Labute approximate surface area is 110 Å². The Kier molecular flexibility index (Phi) is 5.51. The van der Waals surface area contributed by atoms with Crippen LogP contribution >= 0.6 is 0 Å². The molecule has 1 unspecified atom stereocenters. The van der Waals surface area contributed by atoms with Crippen LogP contribution in [-0.2, 0) is 17.8 Å². The Morgan fingerprint density at radius 1 is 1.44 bits per heavy atom. The molecule has 0 aliphatic carbocycles. The lowest BCUT2D eigenvalue weighted by atomic mass is 9.92. The van der Waals surface area contributed by atoms with Crippen molar-refractivity contribution in [3.8, 4) is 0 Å². The normalized spacial score (nSPS) is 13.6. The molecule has 4 heteroatoms. The van der Waals surface area contributed by atoms with Crippen LogP contribution in [0.25, 0.3) is 0 Å². The summed E-state index contributed by atoms with van der Waals surface area (Å²) in [5.41, 5.74) is 0.222. The van der Waals surface area contributed by atoms with Gasteiger partial charge < -0.3 is 4.79 Å². The fraction of sp³-hybridized carbons (Fsp3) is 0.786. The Morgan fingerprint density at radius 2 is 2.17 bits per heavy atom. The molecule has 1 atom stereocenters. The number of carbonyl (C=O) groups excluding carboxylic acids is 1. The molecule has 4 nitrogen and oxygen atoms in total. The number of hydrogen-bond acceptors (Lipinski definition) is 3. The zero-order valence-corrected chi connectivity index (χ0v) is 12.0. The van der Waals surface area contributed by atoms with E-state index in [1.165, 1.54) is 0 Å². The zero-order chi connectivity index (χ0) is 13.6. The van der Waals surface area contributed by atoms with E-state index >= 15 is 0 Å². The van der Waals surface area contributed by atoms with Gasteiger partial charge >= 0.3 is 0 Å². The zero-order valence-electron chi connectivity index (χ0n) is 12.0. The Bertz CT molecular complexity index is 365. The first-order valence-corrected chi connectivity index (χ1v) is 6.78. The first-order valence-electron chi connectivity index (χ1n) is 6.78. The molecule has 0 N–H and O–H groups in total. The molecular weight excluding hydrogens is 226 g/mol. The fourth-order valence-electron chi connectivity index (χ4n) is 1.96. The topological polar surface area (TPSA) is 47.8 Å². The summed E-state index contributed by atoms with van der Waals surface area (Å²) in [6.45, 7) is 9.51. The molecule has 18 heavy (non-hydrogen) atoms. The number of aldehydes is 1. The lowest BCUT2D eigenvalue weighted by Gasteiger charge is -2.17. The van der Waals surface area contributed by atoms with E-state index in [-0.39, 0.29) is 11.3 Å². The van der Waals surface area contributed by atoms with Gasteiger partial charge in [0.05, 0.1) is 0 Å². The third kappa shape index (κ3) is 4.98. The molecule has 1 aromatic rings. The van der Waals surface area contributed by atoms with Crippen molar-refractivity contribution in [3.05, 3.63) is 12.2 Å². The smallest absolute Gasteiger partial charge is 0.138 e. The second-order valence-corrected chi connectivity index (χ2v) is 6.08. The van der Waals surface area contributed by atoms with Crippen LogP contribution in [0.1, 0.15) is 52.8 Å². The van der Waals surface area contributed by atoms with Crippen molar-refractivity contribution in [1.82, 2.24) is 14.8 Å². The van der Waals surface area contributed by atoms with Crippen molar-refractivity contribution >= 4 is 6.29 Å². The molecule has 0 fully saturated rings. The summed E-state index contributed by atoms with van der Waals surface area (Å²) >= 11 is 0. The second kappa shape index (κ2) is 6.66. The molecule has 1 heterocycles. The summed E-state index contributed by atoms with van der Waals surface area (Å²) in [6.07, 6.45) is 6.47. The fourth-order valence-corrected chi connectivity index (χ4v) is 1.96. The molecule has 0 saturated heterocycles. The van der Waals surface area contributed by atoms with Gasteiger partial charge in [-0.3, -0.25) is 4.68 Å². The summed E-state index contributed by atoms with van der Waals surface area (Å²) in [7, 11) is 0. The summed E-state index contributed by atoms with van der Waals surface area (Å²) in [5.74, 6) is 1.24. The molecule has 0 spiro atoms. The minimum atomic E-state index is 0.194. The molecule has 0 amide bonds. The summed E-state index contributed by atoms with van der Waals surface area (Å²) in [5, 5.41) is 4.27. The number of hydrogen-bond donors (Lipinski definition) is 0. The van der Waals surface area contributed by atoms with Crippen molar-refractivity contribution in [1.29, 1.82) is 0 Å². The van der Waals surface area contributed by atoms with Crippen molar-refractivity contribution < 1.29 is 4.79 Å². The molecule has 0 saturated carbocycles. The minimum Gasteiger partial charge on any atom is -0.303 e. The molecule has 102 valence electrons. The monoisotopic (exact) mass is 251 g/mol. The summed E-state index contributed by atoms with van der Waals surface area (Å²) < 4.78 is 1.97. The molecule has 1 rings (SSSR count). The maximum Gasteiger partial charge on any atom is 0.138 e. The van der Waals surface area contributed by atoms with Gasteiger partial charge in [-0.1, -0.05) is 27.7 Å². The van der Waals surface area contributed by atoms with Gasteiger partial charge in [0.25, 0.3) is 0 Å². The molecule has 0 aliphatic heterocycles. The van der Waals surface area contributed by atoms with Crippen LogP contribution in [0.5, 0.6) is 0 Å². The number of rotatable bonds is 7. The van der Waals surface area contributed by atoms with E-state index in [0.717, 1.165) is 44.3 Å². The van der Waals surface area contributed by atoms with Crippen molar-refractivity contribution in [2.45, 2.75) is 59.9 Å². The maximum atomic E-state index is 10.7. The Morgan fingerprint density at radius 3 is 2.72 bits per heavy atom. The lowest BCUT2D eigenvalue weighted by molar-refractivity contribution is -0.111. The van der Waals surface area contributed by atoms with E-state index in [2.05, 4.69) is 37.8 Å². The standard InChI is InChI=1S/C14H25N3O/c1-5-12(10-18)7-6-8-17-13(15-11-16-17)9-14(2,3)4/h10-12H,5-9H2,1-4H3. The highest BCUT2D eigenvalue weighted by atomic mass is 16.1. The van der Waals surface area contributed by atoms with Crippen LogP contribution in [0.15, 0.2) is 6.33 Å². The molecule has 0 radical (unpaired) electrons. The van der Waals surface area contributed by atoms with Crippen LogP contribution in [0.2, 0.25) is 0 Å². The first-order chi connectivity index (χ1) is 8.46. The maximum absolute atomic E-state index is 10.7. The van der Waals surface area contributed by atoms with E-state index in [1.807, 2.05) is 4.68 Å². The number of nitrogens with zero attached hydrogens (tertiary/aromatic N) is 3. The minimum absolute atomic E-state index is 0.194. The predicted molar refractivity (Wildman–Crippen MR) is 72.3 cm³/mol. The SMILES string of the molecule is CCC(C=O)CCCn1ncnc1CC(C)(C)C. The van der Waals surface area contributed by atoms with Gasteiger partial charge in [-0.25, -0.2) is 4.98 Å². The van der Waals surface area contributed by atoms with Gasteiger partial charge in [-0.15, -0.1) is 0 Å². The van der Waals surface area contributed by atoms with Crippen LogP contribution in [-0.4, -0.2) is 21.1 Å². The molecule has 0 aliphatic rings. The van der Waals surface area contributed by atoms with E-state index < -0.39 is 0 Å². The molecule has 1 aromatic heterocycles. The third-order valence-corrected chi connectivity index (χ3v) is 3.05. The van der Waals surface area contributed by atoms with Crippen LogP contribution in [0.4, 0.5) is 0 Å². The van der Waals surface area contributed by atoms with Gasteiger partial charge in [0, 0.05) is 18.9 Å². The van der Waals surface area contributed by atoms with Crippen LogP contribution in [0.3, 0.4) is 0 Å².